The first-order chi connectivity index (χ1) is 5.33. The van der Waals surface area contributed by atoms with Gasteiger partial charge in [-0.2, -0.15) is 9.61 Å². The summed E-state index contributed by atoms with van der Waals surface area (Å²) in [5.41, 5.74) is 0.633. The average molecular weight is 173 g/mol. The maximum Gasteiger partial charge on any atom is 0.213 e. The summed E-state index contributed by atoms with van der Waals surface area (Å²) in [5, 5.41) is 8.27. The van der Waals surface area contributed by atoms with E-state index >= 15 is 0 Å². The summed E-state index contributed by atoms with van der Waals surface area (Å²) in [6.45, 7) is 0. The van der Waals surface area contributed by atoms with E-state index in [1.807, 2.05) is 0 Å². The van der Waals surface area contributed by atoms with Crippen molar-refractivity contribution in [2.45, 2.75) is 0 Å². The molecule has 2 aromatic heterocycles. The lowest BCUT2D eigenvalue weighted by Crippen LogP contribution is -2.06. The largest absolute Gasteiger partial charge is 0.398 e. The van der Waals surface area contributed by atoms with Gasteiger partial charge >= 0.3 is 0 Å². The molecule has 0 aliphatic carbocycles. The maximum atomic E-state index is 5.77. The Bertz CT molecular complexity index is 379. The summed E-state index contributed by atoms with van der Waals surface area (Å²) in [7, 11) is 1.51. The summed E-state index contributed by atoms with van der Waals surface area (Å²) in [4.78, 5) is 6.17. The highest BCUT2D eigenvalue weighted by molar-refractivity contribution is 6.33. The lowest BCUT2D eigenvalue weighted by molar-refractivity contribution is 0.144. The number of halogens is 1. The molecule has 0 bridgehead atoms. The molecule has 0 saturated heterocycles. The van der Waals surface area contributed by atoms with Crippen LogP contribution >= 0.6 is 11.6 Å². The van der Waals surface area contributed by atoms with E-state index < -0.39 is 0 Å². The van der Waals surface area contributed by atoms with Gasteiger partial charge in [0, 0.05) is 0 Å². The highest BCUT2D eigenvalue weighted by Crippen LogP contribution is 2.14. The van der Waals surface area contributed by atoms with Crippen molar-refractivity contribution < 1.29 is 4.84 Å². The van der Waals surface area contributed by atoms with Gasteiger partial charge in [0.2, 0.25) is 5.65 Å². The predicted molar refractivity (Wildman–Crippen MR) is 38.5 cm³/mol. The van der Waals surface area contributed by atoms with Gasteiger partial charge in [0.25, 0.3) is 0 Å². The normalized spacial score (nSPS) is 10.7. The van der Waals surface area contributed by atoms with E-state index in [0.717, 1.165) is 0 Å². The van der Waals surface area contributed by atoms with Crippen LogP contribution in [-0.2, 0) is 0 Å². The fourth-order valence-electron chi connectivity index (χ4n) is 0.882. The van der Waals surface area contributed by atoms with Crippen molar-refractivity contribution in [1.82, 2.24) is 19.6 Å². The lowest BCUT2D eigenvalue weighted by atomic mass is 10.7. The van der Waals surface area contributed by atoms with Crippen LogP contribution in [0.25, 0.3) is 5.65 Å². The third kappa shape index (κ3) is 0.775. The smallest absolute Gasteiger partial charge is 0.213 e. The lowest BCUT2D eigenvalue weighted by Gasteiger charge is -1.95. The van der Waals surface area contributed by atoms with E-state index in [-0.39, 0.29) is 0 Å². The van der Waals surface area contributed by atoms with Gasteiger partial charge < -0.3 is 4.84 Å². The molecular weight excluding hydrogens is 168 g/mol. The van der Waals surface area contributed by atoms with Gasteiger partial charge in [0.1, 0.15) is 18.5 Å². The van der Waals surface area contributed by atoms with Crippen LogP contribution in [0.3, 0.4) is 0 Å². The molecule has 0 amide bonds. The van der Waals surface area contributed by atoms with Crippen molar-refractivity contribution in [3.05, 3.63) is 17.5 Å². The van der Waals surface area contributed by atoms with Gasteiger partial charge in [0.15, 0.2) is 0 Å². The van der Waals surface area contributed by atoms with E-state index in [1.165, 1.54) is 29.0 Å². The van der Waals surface area contributed by atoms with Crippen molar-refractivity contribution in [3.8, 4) is 0 Å². The van der Waals surface area contributed by atoms with Gasteiger partial charge in [-0.3, -0.25) is 0 Å². The van der Waals surface area contributed by atoms with Crippen molar-refractivity contribution in [2.75, 3.05) is 7.11 Å². The van der Waals surface area contributed by atoms with Gasteiger partial charge in [-0.25, -0.2) is 0 Å². The van der Waals surface area contributed by atoms with Crippen LogP contribution in [-0.4, -0.2) is 26.7 Å². The van der Waals surface area contributed by atoms with Gasteiger partial charge in [-0.1, -0.05) is 16.4 Å². The molecule has 0 unspecified atom stereocenters. The van der Waals surface area contributed by atoms with Gasteiger partial charge in [-0.15, -0.1) is 5.10 Å². The number of aromatic nitrogens is 4. The van der Waals surface area contributed by atoms with Crippen molar-refractivity contribution in [3.63, 3.8) is 0 Å². The average Bonchev–Trinajstić information content (AvgIpc) is 2.54. The molecular formula is C5H5ClN4O. The SMILES string of the molecule is COn1ncn2ncc(Cl)c12. The highest BCUT2D eigenvalue weighted by atomic mass is 35.5. The Labute approximate surface area is 67.1 Å². The zero-order chi connectivity index (χ0) is 7.84. The predicted octanol–water partition coefficient (Wildman–Crippen LogP) is 0.243. The van der Waals surface area contributed by atoms with E-state index in [1.54, 1.807) is 0 Å². The molecule has 0 aliphatic heterocycles. The fourth-order valence-corrected chi connectivity index (χ4v) is 1.08. The molecule has 6 heteroatoms. The highest BCUT2D eigenvalue weighted by Gasteiger charge is 2.07. The molecule has 11 heavy (non-hydrogen) atoms. The van der Waals surface area contributed by atoms with E-state index in [0.29, 0.717) is 10.7 Å². The van der Waals surface area contributed by atoms with E-state index in [9.17, 15) is 0 Å². The number of fused-ring (bicyclic) bond motifs is 1. The molecule has 0 radical (unpaired) electrons. The number of rotatable bonds is 1. The number of hydrogen-bond donors (Lipinski definition) is 0. The van der Waals surface area contributed by atoms with Gasteiger partial charge in [0.05, 0.1) is 6.20 Å². The Morgan fingerprint density at radius 2 is 2.36 bits per heavy atom. The second-order valence-corrected chi connectivity index (χ2v) is 2.35. The molecule has 0 saturated carbocycles. The Morgan fingerprint density at radius 3 is 3.09 bits per heavy atom. The minimum atomic E-state index is 0.518. The topological polar surface area (TPSA) is 44.4 Å². The van der Waals surface area contributed by atoms with Crippen LogP contribution in [0.15, 0.2) is 12.5 Å². The Hall–Kier alpha value is -1.23. The minimum absolute atomic E-state index is 0.518. The van der Waals surface area contributed by atoms with Crippen LogP contribution in [0.1, 0.15) is 0 Å². The third-order valence-electron chi connectivity index (χ3n) is 1.35. The molecule has 0 aliphatic rings. The number of nitrogens with zero attached hydrogens (tertiary/aromatic N) is 4. The second-order valence-electron chi connectivity index (χ2n) is 1.95. The molecule has 2 heterocycles. The Morgan fingerprint density at radius 1 is 1.55 bits per heavy atom. The van der Waals surface area contributed by atoms with Crippen LogP contribution in [0.5, 0.6) is 0 Å². The minimum Gasteiger partial charge on any atom is -0.398 e. The zero-order valence-corrected chi connectivity index (χ0v) is 6.49. The molecule has 0 atom stereocenters. The van der Waals surface area contributed by atoms with Crippen LogP contribution in [0.2, 0.25) is 5.02 Å². The standard InChI is InChI=1S/C5H5ClN4O/c1-11-10-5-4(6)2-7-9(5)3-8-10/h2-3H,1H3. The van der Waals surface area contributed by atoms with Crippen LogP contribution < -0.4 is 4.84 Å². The molecule has 5 nitrogen and oxygen atoms in total. The molecule has 0 spiro atoms. The first-order valence-electron chi connectivity index (χ1n) is 2.94. The molecule has 58 valence electrons. The first-order valence-corrected chi connectivity index (χ1v) is 3.32. The van der Waals surface area contributed by atoms with Gasteiger partial charge in [-0.05, 0) is 0 Å². The molecule has 0 N–H and O–H groups in total. The quantitative estimate of drug-likeness (QED) is 0.619. The molecule has 2 rings (SSSR count). The fraction of sp³-hybridized carbons (Fsp3) is 0.200. The maximum absolute atomic E-state index is 5.77. The summed E-state index contributed by atoms with van der Waals surface area (Å²) >= 11 is 5.77. The second kappa shape index (κ2) is 2.13. The number of hydrogen-bond acceptors (Lipinski definition) is 3. The monoisotopic (exact) mass is 172 g/mol. The van der Waals surface area contributed by atoms with Crippen molar-refractivity contribution in [2.24, 2.45) is 0 Å². The summed E-state index contributed by atoms with van der Waals surface area (Å²) in [6, 6.07) is 0. The third-order valence-corrected chi connectivity index (χ3v) is 1.61. The first kappa shape index (κ1) is 6.48. The van der Waals surface area contributed by atoms with E-state index in [2.05, 4.69) is 10.2 Å². The summed E-state index contributed by atoms with van der Waals surface area (Å²) in [5.74, 6) is 0. The van der Waals surface area contributed by atoms with Crippen molar-refractivity contribution in [1.29, 1.82) is 0 Å². The Kier molecular flexibility index (Phi) is 1.25. The Balaban J connectivity index is 2.80. The summed E-state index contributed by atoms with van der Waals surface area (Å²) < 4.78 is 1.53. The molecule has 2 aromatic rings. The van der Waals surface area contributed by atoms with Crippen LogP contribution in [0, 0.1) is 0 Å². The molecule has 0 aromatic carbocycles. The zero-order valence-electron chi connectivity index (χ0n) is 5.73. The van der Waals surface area contributed by atoms with Crippen LogP contribution in [0.4, 0.5) is 0 Å². The molecule has 0 fully saturated rings. The van der Waals surface area contributed by atoms with E-state index in [4.69, 9.17) is 16.4 Å². The summed E-state index contributed by atoms with van der Waals surface area (Å²) in [6.07, 6.45) is 3.05. The van der Waals surface area contributed by atoms with Crippen molar-refractivity contribution >= 4 is 17.2 Å².